The lowest BCUT2D eigenvalue weighted by atomic mass is 10.1. The number of hydrogen-bond acceptors (Lipinski definition) is 4. The SMILES string of the molecule is NC(=O)CCl.NC1Cc2ccccc2C1.O=Cc1cc2sc(Cl)c(Cl)c2[nH]1. The van der Waals surface area contributed by atoms with Crippen LogP contribution in [0.15, 0.2) is 30.3 Å². The summed E-state index contributed by atoms with van der Waals surface area (Å²) >= 11 is 17.8. The van der Waals surface area contributed by atoms with E-state index in [0.717, 1.165) is 29.3 Å². The molecule has 0 radical (unpaired) electrons. The molecule has 0 unspecified atom stereocenters. The highest BCUT2D eigenvalue weighted by Crippen LogP contribution is 2.38. The largest absolute Gasteiger partial charge is 0.369 e. The Hall–Kier alpha value is -1.57. The summed E-state index contributed by atoms with van der Waals surface area (Å²) in [5.74, 6) is -0.563. The number of aromatic nitrogens is 1. The third kappa shape index (κ3) is 5.96. The molecule has 1 aromatic carbocycles. The zero-order valence-electron chi connectivity index (χ0n) is 14.2. The van der Waals surface area contributed by atoms with Crippen molar-refractivity contribution in [3.63, 3.8) is 0 Å². The molecular formula is C18H18Cl3N3O2S. The van der Waals surface area contributed by atoms with E-state index in [0.29, 0.717) is 21.1 Å². The lowest BCUT2D eigenvalue weighted by Gasteiger charge is -1.94. The quantitative estimate of drug-likeness (QED) is 0.406. The molecule has 0 bridgehead atoms. The van der Waals surface area contributed by atoms with Crippen molar-refractivity contribution in [1.29, 1.82) is 0 Å². The number of halogens is 3. The zero-order valence-corrected chi connectivity index (χ0v) is 17.3. The van der Waals surface area contributed by atoms with Gasteiger partial charge in [-0.05, 0) is 30.0 Å². The van der Waals surface area contributed by atoms with E-state index < -0.39 is 5.91 Å². The number of amides is 1. The first-order valence-electron chi connectivity index (χ1n) is 7.94. The smallest absolute Gasteiger partial charge is 0.232 e. The van der Waals surface area contributed by atoms with Gasteiger partial charge in [0.1, 0.15) is 10.2 Å². The highest BCUT2D eigenvalue weighted by atomic mass is 35.5. The van der Waals surface area contributed by atoms with Crippen LogP contribution in [0.1, 0.15) is 21.6 Å². The first-order chi connectivity index (χ1) is 12.8. The Kier molecular flexibility index (Phi) is 8.13. The van der Waals surface area contributed by atoms with Gasteiger partial charge in [0, 0.05) is 6.04 Å². The molecule has 0 saturated heterocycles. The van der Waals surface area contributed by atoms with Gasteiger partial charge in [0.25, 0.3) is 0 Å². The van der Waals surface area contributed by atoms with E-state index in [-0.39, 0.29) is 5.88 Å². The molecule has 2 heterocycles. The van der Waals surface area contributed by atoms with Crippen LogP contribution in [0.2, 0.25) is 9.36 Å². The minimum atomic E-state index is -0.480. The van der Waals surface area contributed by atoms with Gasteiger partial charge in [0.15, 0.2) is 6.29 Å². The second-order valence-electron chi connectivity index (χ2n) is 5.81. The predicted molar refractivity (Wildman–Crippen MR) is 113 cm³/mol. The van der Waals surface area contributed by atoms with Crippen LogP contribution in [0.25, 0.3) is 10.2 Å². The van der Waals surface area contributed by atoms with Gasteiger partial charge in [0.2, 0.25) is 5.91 Å². The van der Waals surface area contributed by atoms with Gasteiger partial charge >= 0.3 is 0 Å². The van der Waals surface area contributed by atoms with Crippen LogP contribution in [0.5, 0.6) is 0 Å². The second-order valence-corrected chi connectivity index (χ2v) is 8.11. The summed E-state index contributed by atoms with van der Waals surface area (Å²) in [5.41, 5.74) is 14.5. The maximum atomic E-state index is 10.4. The van der Waals surface area contributed by atoms with E-state index in [1.165, 1.54) is 22.5 Å². The number of benzene rings is 1. The van der Waals surface area contributed by atoms with Crippen molar-refractivity contribution in [3.05, 3.63) is 56.5 Å². The molecule has 1 aliphatic rings. The molecule has 9 heteroatoms. The van der Waals surface area contributed by atoms with Crippen LogP contribution >= 0.6 is 46.1 Å². The topological polar surface area (TPSA) is 102 Å². The predicted octanol–water partition coefficient (Wildman–Crippen LogP) is 4.17. The number of H-pyrrole nitrogens is 1. The summed E-state index contributed by atoms with van der Waals surface area (Å²) in [5, 5.41) is 0.491. The molecule has 1 aliphatic carbocycles. The van der Waals surface area contributed by atoms with E-state index in [1.807, 2.05) is 0 Å². The maximum Gasteiger partial charge on any atom is 0.232 e. The Morgan fingerprint density at radius 3 is 2.26 bits per heavy atom. The Balaban J connectivity index is 0.000000158. The number of carbonyl (C=O) groups is 2. The molecule has 0 atom stereocenters. The number of fused-ring (bicyclic) bond motifs is 2. The summed E-state index contributed by atoms with van der Waals surface area (Å²) in [4.78, 5) is 22.7. The molecule has 2 aromatic heterocycles. The molecule has 144 valence electrons. The monoisotopic (exact) mass is 445 g/mol. The molecule has 5 N–H and O–H groups in total. The van der Waals surface area contributed by atoms with Crippen LogP contribution < -0.4 is 11.5 Å². The fourth-order valence-electron chi connectivity index (χ4n) is 2.59. The average molecular weight is 447 g/mol. The normalized spacial score (nSPS) is 12.6. The number of primary amides is 1. The molecule has 0 saturated carbocycles. The highest BCUT2D eigenvalue weighted by molar-refractivity contribution is 7.23. The van der Waals surface area contributed by atoms with Crippen LogP contribution in [0.4, 0.5) is 0 Å². The van der Waals surface area contributed by atoms with Crippen molar-refractivity contribution >= 4 is 68.5 Å². The summed E-state index contributed by atoms with van der Waals surface area (Å²) in [7, 11) is 0. The first kappa shape index (κ1) is 21.7. The number of aromatic amines is 1. The number of nitrogens with one attached hydrogen (secondary N) is 1. The van der Waals surface area contributed by atoms with E-state index >= 15 is 0 Å². The lowest BCUT2D eigenvalue weighted by molar-refractivity contribution is -0.115. The van der Waals surface area contributed by atoms with Gasteiger partial charge in [-0.3, -0.25) is 9.59 Å². The number of hydrogen-bond donors (Lipinski definition) is 3. The van der Waals surface area contributed by atoms with Gasteiger partial charge in [-0.15, -0.1) is 22.9 Å². The van der Waals surface area contributed by atoms with E-state index in [2.05, 4.69) is 35.0 Å². The molecular weight excluding hydrogens is 429 g/mol. The Morgan fingerprint density at radius 1 is 1.26 bits per heavy atom. The molecule has 1 amide bonds. The van der Waals surface area contributed by atoms with Crippen molar-refractivity contribution in [3.8, 4) is 0 Å². The molecule has 5 nitrogen and oxygen atoms in total. The summed E-state index contributed by atoms with van der Waals surface area (Å²) < 4.78 is 1.46. The summed E-state index contributed by atoms with van der Waals surface area (Å²) in [6.07, 6.45) is 2.88. The van der Waals surface area contributed by atoms with Gasteiger partial charge < -0.3 is 16.5 Å². The van der Waals surface area contributed by atoms with E-state index in [9.17, 15) is 9.59 Å². The van der Waals surface area contributed by atoms with Crippen LogP contribution in [0.3, 0.4) is 0 Å². The third-order valence-electron chi connectivity index (χ3n) is 3.74. The Labute approximate surface area is 175 Å². The van der Waals surface area contributed by atoms with Gasteiger partial charge in [-0.1, -0.05) is 47.5 Å². The third-order valence-corrected chi connectivity index (χ3v) is 5.93. The standard InChI is InChI=1S/C9H11N.C7H3Cl2NOS.C2H4ClNO/c10-9-5-7-3-1-2-4-8(7)6-9;8-5-6-4(12-7(5)9)1-3(2-11)10-6;3-1-2(4)5/h1-4,9H,5-6,10H2;1-2,10H;1H2,(H2,4,5). The van der Waals surface area contributed by atoms with Gasteiger partial charge in [0.05, 0.1) is 20.9 Å². The minimum Gasteiger partial charge on any atom is -0.369 e. The van der Waals surface area contributed by atoms with Crippen molar-refractivity contribution in [2.24, 2.45) is 11.5 Å². The minimum absolute atomic E-state index is 0.0833. The number of nitrogens with two attached hydrogens (primary N) is 2. The molecule has 0 spiro atoms. The fraction of sp³-hybridized carbons (Fsp3) is 0.222. The summed E-state index contributed by atoms with van der Waals surface area (Å²) in [6, 6.07) is 10.6. The maximum absolute atomic E-state index is 10.4. The highest BCUT2D eigenvalue weighted by Gasteiger charge is 2.16. The van der Waals surface area contributed by atoms with Gasteiger partial charge in [-0.2, -0.15) is 0 Å². The fourth-order valence-corrected chi connectivity index (χ4v) is 4.09. The molecule has 3 aromatic rings. The number of aldehydes is 1. The van der Waals surface area contributed by atoms with Crippen molar-refractivity contribution < 1.29 is 9.59 Å². The lowest BCUT2D eigenvalue weighted by Crippen LogP contribution is -2.18. The molecule has 27 heavy (non-hydrogen) atoms. The number of rotatable bonds is 2. The summed E-state index contributed by atoms with van der Waals surface area (Å²) in [6.45, 7) is 0. The average Bonchev–Trinajstić information content (AvgIpc) is 3.30. The van der Waals surface area contributed by atoms with E-state index in [4.69, 9.17) is 40.5 Å². The zero-order chi connectivity index (χ0) is 20.0. The first-order valence-corrected chi connectivity index (χ1v) is 10.0. The second kappa shape index (κ2) is 10.1. The van der Waals surface area contributed by atoms with Crippen molar-refractivity contribution in [2.75, 3.05) is 5.88 Å². The Bertz CT molecular complexity index is 914. The van der Waals surface area contributed by atoms with Crippen LogP contribution in [-0.2, 0) is 17.6 Å². The van der Waals surface area contributed by atoms with Crippen molar-refractivity contribution in [1.82, 2.24) is 4.98 Å². The molecule has 0 aliphatic heterocycles. The van der Waals surface area contributed by atoms with Crippen LogP contribution in [0, 0.1) is 0 Å². The Morgan fingerprint density at radius 2 is 1.81 bits per heavy atom. The molecule has 4 rings (SSSR count). The number of thiophene rings is 1. The van der Waals surface area contributed by atoms with Gasteiger partial charge in [-0.25, -0.2) is 0 Å². The van der Waals surface area contributed by atoms with Crippen molar-refractivity contribution in [2.45, 2.75) is 18.9 Å². The molecule has 0 fully saturated rings. The number of carbonyl (C=O) groups excluding carboxylic acids is 2. The van der Waals surface area contributed by atoms with E-state index in [1.54, 1.807) is 6.07 Å². The van der Waals surface area contributed by atoms with Crippen LogP contribution in [-0.4, -0.2) is 29.1 Å². The number of alkyl halides is 1.